The summed E-state index contributed by atoms with van der Waals surface area (Å²) in [6, 6.07) is -0.471. The Morgan fingerprint density at radius 2 is 1.96 bits per heavy atom. The molecular weight excluding hydrogens is 365 g/mol. The van der Waals surface area contributed by atoms with Crippen molar-refractivity contribution >= 4 is 42.1 Å². The Labute approximate surface area is 162 Å². The van der Waals surface area contributed by atoms with Crippen molar-refractivity contribution in [1.82, 2.24) is 10.3 Å². The third-order valence-electron chi connectivity index (χ3n) is 4.45. The van der Waals surface area contributed by atoms with Crippen LogP contribution < -0.4 is 11.1 Å². The molecule has 0 spiro atoms. The van der Waals surface area contributed by atoms with E-state index in [0.717, 1.165) is 11.4 Å². The van der Waals surface area contributed by atoms with Crippen LogP contribution in [0.2, 0.25) is 0 Å². The minimum Gasteiger partial charge on any atom is -0.354 e. The average molecular weight is 396 g/mol. The van der Waals surface area contributed by atoms with Crippen LogP contribution in [0.4, 0.5) is 0 Å². The van der Waals surface area contributed by atoms with Gasteiger partial charge in [0.2, 0.25) is 5.91 Å². The summed E-state index contributed by atoms with van der Waals surface area (Å²) >= 11 is 1.72. The van der Waals surface area contributed by atoms with E-state index >= 15 is 0 Å². The number of nitrogens with two attached hydrogens (primary N) is 1. The molecule has 1 aliphatic rings. The van der Waals surface area contributed by atoms with Gasteiger partial charge in [-0.1, -0.05) is 40.0 Å². The van der Waals surface area contributed by atoms with E-state index in [0.29, 0.717) is 12.5 Å². The Hall–Kier alpha value is -0.360. The predicted molar refractivity (Wildman–Crippen MR) is 107 cm³/mol. The van der Waals surface area contributed by atoms with Crippen molar-refractivity contribution in [1.29, 1.82) is 0 Å². The minimum absolute atomic E-state index is 0. The van der Waals surface area contributed by atoms with Crippen LogP contribution in [0, 0.1) is 5.41 Å². The number of aromatic nitrogens is 1. The quantitative estimate of drug-likeness (QED) is 0.789. The van der Waals surface area contributed by atoms with Crippen LogP contribution in [-0.2, 0) is 11.2 Å². The Kier molecular flexibility index (Phi) is 10.4. The summed E-state index contributed by atoms with van der Waals surface area (Å²) in [4.78, 5) is 16.7. The number of nitrogens with one attached hydrogen (secondary N) is 1. The number of thiazole rings is 1. The molecule has 0 bridgehead atoms. The monoisotopic (exact) mass is 395 g/mol. The van der Waals surface area contributed by atoms with Crippen molar-refractivity contribution in [2.24, 2.45) is 11.1 Å². The van der Waals surface area contributed by atoms with E-state index in [1.54, 1.807) is 11.3 Å². The van der Waals surface area contributed by atoms with Gasteiger partial charge in [0, 0.05) is 24.3 Å². The number of carbonyl (C=O) groups excluding carboxylic acids is 1. The summed E-state index contributed by atoms with van der Waals surface area (Å²) in [5.74, 6) is 0.583. The molecule has 1 atom stereocenters. The first kappa shape index (κ1) is 23.6. The zero-order valence-electron chi connectivity index (χ0n) is 14.8. The van der Waals surface area contributed by atoms with E-state index in [-0.39, 0.29) is 36.1 Å². The smallest absolute Gasteiger partial charge is 0.237 e. The Bertz CT molecular complexity index is 496. The zero-order valence-corrected chi connectivity index (χ0v) is 17.3. The molecule has 0 saturated heterocycles. The maximum absolute atomic E-state index is 12.0. The standard InChI is InChI=1S/C17H29N3OS.2ClH/c1-17(2,3)15(18)16(21)19-10-9-14-20-13(11-22-14)12-7-5-4-6-8-12;;/h11-12,15H,4-10,18H2,1-3H3,(H,19,21);2*1H/t15-;;/m1../s1. The van der Waals surface area contributed by atoms with Gasteiger partial charge in [-0.3, -0.25) is 4.79 Å². The Morgan fingerprint density at radius 3 is 2.54 bits per heavy atom. The van der Waals surface area contributed by atoms with Crippen LogP contribution in [0.25, 0.3) is 0 Å². The molecule has 3 N–H and O–H groups in total. The second kappa shape index (κ2) is 10.6. The van der Waals surface area contributed by atoms with Gasteiger partial charge >= 0.3 is 0 Å². The number of hydrogen-bond acceptors (Lipinski definition) is 4. The summed E-state index contributed by atoms with van der Waals surface area (Å²) in [6.45, 7) is 6.55. The fraction of sp³-hybridized carbons (Fsp3) is 0.765. The molecule has 1 aliphatic carbocycles. The van der Waals surface area contributed by atoms with Gasteiger partial charge in [-0.25, -0.2) is 4.98 Å². The highest BCUT2D eigenvalue weighted by atomic mass is 35.5. The number of carbonyl (C=O) groups is 1. The van der Waals surface area contributed by atoms with Gasteiger partial charge in [-0.15, -0.1) is 36.2 Å². The van der Waals surface area contributed by atoms with Gasteiger partial charge in [0.05, 0.1) is 16.7 Å². The molecule has 24 heavy (non-hydrogen) atoms. The fourth-order valence-corrected chi connectivity index (χ4v) is 3.70. The van der Waals surface area contributed by atoms with Crippen LogP contribution in [0.15, 0.2) is 5.38 Å². The number of hydrogen-bond donors (Lipinski definition) is 2. The van der Waals surface area contributed by atoms with E-state index in [1.165, 1.54) is 37.8 Å². The van der Waals surface area contributed by atoms with Crippen molar-refractivity contribution in [2.75, 3.05) is 6.54 Å². The summed E-state index contributed by atoms with van der Waals surface area (Å²) < 4.78 is 0. The lowest BCUT2D eigenvalue weighted by atomic mass is 9.87. The molecule has 1 heterocycles. The van der Waals surface area contributed by atoms with E-state index in [1.807, 2.05) is 20.8 Å². The van der Waals surface area contributed by atoms with Crippen molar-refractivity contribution in [3.05, 3.63) is 16.1 Å². The summed E-state index contributed by atoms with van der Waals surface area (Å²) in [5, 5.41) is 6.25. The van der Waals surface area contributed by atoms with E-state index in [9.17, 15) is 4.79 Å². The third kappa shape index (κ3) is 6.87. The largest absolute Gasteiger partial charge is 0.354 e. The molecule has 1 saturated carbocycles. The second-order valence-electron chi connectivity index (χ2n) is 7.39. The molecule has 0 aromatic carbocycles. The highest BCUT2D eigenvalue weighted by Gasteiger charge is 2.27. The van der Waals surface area contributed by atoms with E-state index in [2.05, 4.69) is 10.7 Å². The lowest BCUT2D eigenvalue weighted by Crippen LogP contribution is -2.48. The number of nitrogens with zero attached hydrogens (tertiary/aromatic N) is 1. The number of halogens is 2. The van der Waals surface area contributed by atoms with E-state index in [4.69, 9.17) is 10.7 Å². The van der Waals surface area contributed by atoms with Crippen molar-refractivity contribution < 1.29 is 4.79 Å². The first-order chi connectivity index (χ1) is 10.4. The molecule has 4 nitrogen and oxygen atoms in total. The topological polar surface area (TPSA) is 68.0 Å². The molecule has 0 radical (unpaired) electrons. The summed E-state index contributed by atoms with van der Waals surface area (Å²) in [7, 11) is 0. The molecule has 140 valence electrons. The van der Waals surface area contributed by atoms with Gasteiger partial charge in [0.15, 0.2) is 0 Å². The van der Waals surface area contributed by atoms with Crippen molar-refractivity contribution in [3.8, 4) is 0 Å². The first-order valence-electron chi connectivity index (χ1n) is 8.35. The van der Waals surface area contributed by atoms with Gasteiger partial charge in [-0.2, -0.15) is 0 Å². The van der Waals surface area contributed by atoms with Gasteiger partial charge in [0.1, 0.15) is 0 Å². The summed E-state index contributed by atoms with van der Waals surface area (Å²) in [6.07, 6.45) is 7.38. The normalized spacial score (nSPS) is 16.7. The highest BCUT2D eigenvalue weighted by molar-refractivity contribution is 7.09. The molecule has 1 aromatic rings. The molecule has 2 rings (SSSR count). The lowest BCUT2D eigenvalue weighted by Gasteiger charge is -2.25. The zero-order chi connectivity index (χ0) is 16.2. The van der Waals surface area contributed by atoms with Gasteiger partial charge in [0.25, 0.3) is 0 Å². The van der Waals surface area contributed by atoms with Crippen LogP contribution in [0.1, 0.15) is 69.5 Å². The van der Waals surface area contributed by atoms with Gasteiger partial charge in [-0.05, 0) is 18.3 Å². The maximum atomic E-state index is 12.0. The number of rotatable bonds is 5. The maximum Gasteiger partial charge on any atom is 0.237 e. The van der Waals surface area contributed by atoms with Crippen LogP contribution in [-0.4, -0.2) is 23.5 Å². The SMILES string of the molecule is CC(C)(C)[C@H](N)C(=O)NCCc1nc(C2CCCCC2)cs1.Cl.Cl. The van der Waals surface area contributed by atoms with E-state index < -0.39 is 6.04 Å². The molecule has 0 unspecified atom stereocenters. The summed E-state index contributed by atoms with van der Waals surface area (Å²) in [5.41, 5.74) is 7.00. The number of amides is 1. The average Bonchev–Trinajstić information content (AvgIpc) is 2.95. The molecular formula is C17H31Cl2N3OS. The van der Waals surface area contributed by atoms with Crippen molar-refractivity contribution in [3.63, 3.8) is 0 Å². The van der Waals surface area contributed by atoms with Crippen LogP contribution in [0.3, 0.4) is 0 Å². The Morgan fingerprint density at radius 1 is 1.33 bits per heavy atom. The minimum atomic E-state index is -0.471. The molecule has 1 aromatic heterocycles. The molecule has 7 heteroatoms. The fourth-order valence-electron chi connectivity index (χ4n) is 2.82. The molecule has 1 amide bonds. The van der Waals surface area contributed by atoms with Crippen molar-refractivity contribution in [2.45, 2.75) is 71.3 Å². The van der Waals surface area contributed by atoms with Crippen LogP contribution in [0.5, 0.6) is 0 Å². The Balaban J connectivity index is 0.00000264. The predicted octanol–water partition coefficient (Wildman–Crippen LogP) is 4.07. The lowest BCUT2D eigenvalue weighted by molar-refractivity contribution is -0.124. The molecule has 1 fully saturated rings. The molecule has 0 aliphatic heterocycles. The highest BCUT2D eigenvalue weighted by Crippen LogP contribution is 2.33. The first-order valence-corrected chi connectivity index (χ1v) is 9.23. The third-order valence-corrected chi connectivity index (χ3v) is 5.37. The van der Waals surface area contributed by atoms with Crippen LogP contribution >= 0.6 is 36.2 Å². The second-order valence-corrected chi connectivity index (χ2v) is 8.33. The van der Waals surface area contributed by atoms with Gasteiger partial charge < -0.3 is 11.1 Å².